The van der Waals surface area contributed by atoms with Crippen LogP contribution in [-0.4, -0.2) is 23.0 Å². The van der Waals surface area contributed by atoms with E-state index >= 15 is 0 Å². The van der Waals surface area contributed by atoms with Gasteiger partial charge in [-0.2, -0.15) is 0 Å². The minimum atomic E-state index is -1.06. The molecule has 0 saturated heterocycles. The number of rotatable bonds is 3. The van der Waals surface area contributed by atoms with Gasteiger partial charge in [-0.3, -0.25) is 9.59 Å². The van der Waals surface area contributed by atoms with Crippen LogP contribution < -0.4 is 5.32 Å². The SMILES string of the molecule is C[C@H](NC(=O)c1ccc2cc3ccccc3cc2c1)C(=O)O. The molecule has 22 heavy (non-hydrogen) atoms. The molecule has 1 amide bonds. The fourth-order valence-corrected chi connectivity index (χ4v) is 2.42. The third kappa shape index (κ3) is 2.63. The summed E-state index contributed by atoms with van der Waals surface area (Å²) in [5.41, 5.74) is 0.455. The predicted octanol–water partition coefficient (Wildman–Crippen LogP) is 3.20. The molecule has 0 radical (unpaired) electrons. The fourth-order valence-electron chi connectivity index (χ4n) is 2.42. The number of carboxylic acids is 1. The first-order valence-electron chi connectivity index (χ1n) is 7.01. The Bertz CT molecular complexity index is 886. The molecule has 0 aromatic heterocycles. The second-order valence-electron chi connectivity index (χ2n) is 5.29. The maximum absolute atomic E-state index is 12.1. The Morgan fingerprint density at radius 1 is 0.909 bits per heavy atom. The second-order valence-corrected chi connectivity index (χ2v) is 5.29. The fraction of sp³-hybridized carbons (Fsp3) is 0.111. The van der Waals surface area contributed by atoms with Crippen molar-refractivity contribution in [2.75, 3.05) is 0 Å². The minimum absolute atomic E-state index is 0.384. The Balaban J connectivity index is 2.00. The molecule has 0 aliphatic heterocycles. The summed E-state index contributed by atoms with van der Waals surface area (Å²) in [4.78, 5) is 22.9. The molecule has 0 saturated carbocycles. The number of amides is 1. The molecule has 0 fully saturated rings. The molecule has 4 nitrogen and oxygen atoms in total. The van der Waals surface area contributed by atoms with E-state index in [1.165, 1.54) is 6.92 Å². The number of carbonyl (C=O) groups is 2. The Labute approximate surface area is 127 Å². The molecule has 110 valence electrons. The highest BCUT2D eigenvalue weighted by atomic mass is 16.4. The predicted molar refractivity (Wildman–Crippen MR) is 86.0 cm³/mol. The molecule has 2 N–H and O–H groups in total. The maximum atomic E-state index is 12.1. The summed E-state index contributed by atoms with van der Waals surface area (Å²) in [6.45, 7) is 1.44. The van der Waals surface area contributed by atoms with Crippen LogP contribution in [-0.2, 0) is 4.79 Å². The van der Waals surface area contributed by atoms with Gasteiger partial charge in [0.1, 0.15) is 6.04 Å². The normalized spacial score (nSPS) is 12.2. The molecule has 3 rings (SSSR count). The van der Waals surface area contributed by atoms with E-state index in [2.05, 4.69) is 11.4 Å². The van der Waals surface area contributed by atoms with Gasteiger partial charge < -0.3 is 10.4 Å². The smallest absolute Gasteiger partial charge is 0.325 e. The van der Waals surface area contributed by atoms with Gasteiger partial charge in [0.15, 0.2) is 0 Å². The van der Waals surface area contributed by atoms with E-state index in [0.29, 0.717) is 5.56 Å². The van der Waals surface area contributed by atoms with Crippen molar-refractivity contribution in [1.82, 2.24) is 5.32 Å². The minimum Gasteiger partial charge on any atom is -0.480 e. The zero-order chi connectivity index (χ0) is 15.7. The van der Waals surface area contributed by atoms with Crippen LogP contribution in [0.15, 0.2) is 54.6 Å². The molecule has 0 aliphatic rings. The molecule has 4 heteroatoms. The van der Waals surface area contributed by atoms with Crippen LogP contribution in [0, 0.1) is 0 Å². The van der Waals surface area contributed by atoms with Gasteiger partial charge in [-0.25, -0.2) is 0 Å². The van der Waals surface area contributed by atoms with Crippen molar-refractivity contribution in [3.63, 3.8) is 0 Å². The molecule has 3 aromatic rings. The summed E-state index contributed by atoms with van der Waals surface area (Å²) >= 11 is 0. The van der Waals surface area contributed by atoms with Crippen molar-refractivity contribution in [3.05, 3.63) is 60.2 Å². The molecule has 0 heterocycles. The molecule has 0 bridgehead atoms. The number of hydrogen-bond donors (Lipinski definition) is 2. The van der Waals surface area contributed by atoms with Gasteiger partial charge in [0.2, 0.25) is 0 Å². The highest BCUT2D eigenvalue weighted by molar-refractivity contribution is 6.03. The first kappa shape index (κ1) is 14.1. The maximum Gasteiger partial charge on any atom is 0.325 e. The number of carbonyl (C=O) groups excluding carboxylic acids is 1. The highest BCUT2D eigenvalue weighted by Gasteiger charge is 2.15. The van der Waals surface area contributed by atoms with Crippen LogP contribution in [0.5, 0.6) is 0 Å². The van der Waals surface area contributed by atoms with Crippen molar-refractivity contribution >= 4 is 33.4 Å². The summed E-state index contributed by atoms with van der Waals surface area (Å²) in [6.07, 6.45) is 0. The molecule has 0 unspecified atom stereocenters. The molecule has 0 aliphatic carbocycles. The zero-order valence-electron chi connectivity index (χ0n) is 12.0. The van der Waals surface area contributed by atoms with Gasteiger partial charge >= 0.3 is 5.97 Å². The van der Waals surface area contributed by atoms with Gasteiger partial charge in [0.05, 0.1) is 0 Å². The lowest BCUT2D eigenvalue weighted by molar-refractivity contribution is -0.138. The standard InChI is InChI=1S/C18H15NO3/c1-11(18(21)22)19-17(20)15-7-6-14-8-12-4-2-3-5-13(12)9-16(14)10-15/h2-11H,1H3,(H,19,20)(H,21,22)/t11-/m0/s1. The van der Waals surface area contributed by atoms with Crippen LogP contribution in [0.3, 0.4) is 0 Å². The third-order valence-electron chi connectivity index (χ3n) is 3.69. The van der Waals surface area contributed by atoms with E-state index in [4.69, 9.17) is 5.11 Å². The number of hydrogen-bond acceptors (Lipinski definition) is 2. The lowest BCUT2D eigenvalue weighted by Crippen LogP contribution is -2.38. The summed E-state index contributed by atoms with van der Waals surface area (Å²) in [7, 11) is 0. The number of benzene rings is 3. The Morgan fingerprint density at radius 3 is 2.14 bits per heavy atom. The number of aliphatic carboxylic acids is 1. The van der Waals surface area contributed by atoms with Gasteiger partial charge in [-0.15, -0.1) is 0 Å². The molecular weight excluding hydrogens is 278 g/mol. The largest absolute Gasteiger partial charge is 0.480 e. The van der Waals surface area contributed by atoms with E-state index in [9.17, 15) is 9.59 Å². The van der Waals surface area contributed by atoms with Crippen LogP contribution in [0.2, 0.25) is 0 Å². The Kier molecular flexibility index (Phi) is 3.51. The zero-order valence-corrected chi connectivity index (χ0v) is 12.0. The molecular formula is C18H15NO3. The topological polar surface area (TPSA) is 66.4 Å². The monoisotopic (exact) mass is 293 g/mol. The van der Waals surface area contributed by atoms with Crippen molar-refractivity contribution < 1.29 is 14.7 Å². The number of nitrogens with one attached hydrogen (secondary N) is 1. The van der Waals surface area contributed by atoms with Crippen LogP contribution >= 0.6 is 0 Å². The summed E-state index contributed by atoms with van der Waals surface area (Å²) < 4.78 is 0. The average Bonchev–Trinajstić information content (AvgIpc) is 2.52. The van der Waals surface area contributed by atoms with Gasteiger partial charge in [0.25, 0.3) is 5.91 Å². The van der Waals surface area contributed by atoms with Crippen LogP contribution in [0.25, 0.3) is 21.5 Å². The lowest BCUT2D eigenvalue weighted by Gasteiger charge is -2.10. The summed E-state index contributed by atoms with van der Waals surface area (Å²) in [5.74, 6) is -1.44. The molecule has 0 spiro atoms. The Hall–Kier alpha value is -2.88. The Morgan fingerprint density at radius 2 is 1.50 bits per heavy atom. The van der Waals surface area contributed by atoms with Crippen LogP contribution in [0.4, 0.5) is 0 Å². The van der Waals surface area contributed by atoms with E-state index in [0.717, 1.165) is 21.5 Å². The lowest BCUT2D eigenvalue weighted by atomic mass is 10.0. The number of carboxylic acid groups (broad SMARTS) is 1. The van der Waals surface area contributed by atoms with Crippen molar-refractivity contribution in [3.8, 4) is 0 Å². The first-order valence-corrected chi connectivity index (χ1v) is 7.01. The van der Waals surface area contributed by atoms with Gasteiger partial charge in [-0.05, 0) is 52.7 Å². The van der Waals surface area contributed by atoms with Gasteiger partial charge in [-0.1, -0.05) is 30.3 Å². The molecule has 3 aromatic carbocycles. The number of fused-ring (bicyclic) bond motifs is 2. The highest BCUT2D eigenvalue weighted by Crippen LogP contribution is 2.23. The van der Waals surface area contributed by atoms with Crippen molar-refractivity contribution in [2.45, 2.75) is 13.0 Å². The van der Waals surface area contributed by atoms with E-state index < -0.39 is 12.0 Å². The summed E-state index contributed by atoms with van der Waals surface area (Å²) in [5, 5.41) is 15.6. The van der Waals surface area contributed by atoms with Gasteiger partial charge in [0, 0.05) is 5.56 Å². The molecule has 1 atom stereocenters. The van der Waals surface area contributed by atoms with E-state index in [1.54, 1.807) is 12.1 Å². The third-order valence-corrected chi connectivity index (χ3v) is 3.69. The van der Waals surface area contributed by atoms with E-state index in [1.807, 2.05) is 36.4 Å². The average molecular weight is 293 g/mol. The summed E-state index contributed by atoms with van der Waals surface area (Å²) in [6, 6.07) is 16.6. The first-order chi connectivity index (χ1) is 10.5. The van der Waals surface area contributed by atoms with Crippen LogP contribution in [0.1, 0.15) is 17.3 Å². The van der Waals surface area contributed by atoms with Crippen molar-refractivity contribution in [1.29, 1.82) is 0 Å². The van der Waals surface area contributed by atoms with E-state index in [-0.39, 0.29) is 5.91 Å². The second kappa shape index (κ2) is 5.48. The quantitative estimate of drug-likeness (QED) is 0.729. The van der Waals surface area contributed by atoms with Crippen molar-refractivity contribution in [2.24, 2.45) is 0 Å².